The van der Waals surface area contributed by atoms with Crippen molar-refractivity contribution in [3.8, 4) is 0 Å². The third kappa shape index (κ3) is 0.906. The minimum atomic E-state index is -0.274. The molecule has 11 heavy (non-hydrogen) atoms. The summed E-state index contributed by atoms with van der Waals surface area (Å²) in [6.07, 6.45) is 4.81. The Hall–Kier alpha value is -1.32. The van der Waals surface area contributed by atoms with E-state index in [0.29, 0.717) is 12.5 Å². The van der Waals surface area contributed by atoms with Gasteiger partial charge in [-0.2, -0.15) is 0 Å². The molecule has 0 N–H and O–H groups in total. The molecule has 2 rings (SSSR count). The molecule has 0 atom stereocenters. The third-order valence-corrected chi connectivity index (χ3v) is 1.64. The van der Waals surface area contributed by atoms with Crippen molar-refractivity contribution in [3.05, 3.63) is 24.4 Å². The quantitative estimate of drug-likeness (QED) is 0.555. The zero-order valence-electron chi connectivity index (χ0n) is 6.16. The molecule has 1 aromatic rings. The van der Waals surface area contributed by atoms with Crippen molar-refractivity contribution >= 4 is 5.83 Å². The van der Waals surface area contributed by atoms with E-state index in [2.05, 4.69) is 4.98 Å². The van der Waals surface area contributed by atoms with E-state index in [0.717, 1.165) is 0 Å². The van der Waals surface area contributed by atoms with Crippen molar-refractivity contribution < 1.29 is 4.39 Å². The van der Waals surface area contributed by atoms with E-state index >= 15 is 0 Å². The van der Waals surface area contributed by atoms with Gasteiger partial charge in [0.15, 0.2) is 11.7 Å². The number of imidazole rings is 1. The van der Waals surface area contributed by atoms with Crippen LogP contribution in [-0.2, 0) is 6.67 Å². The van der Waals surface area contributed by atoms with Crippen LogP contribution in [0.4, 0.5) is 4.39 Å². The van der Waals surface area contributed by atoms with Gasteiger partial charge in [-0.3, -0.25) is 0 Å². The smallest absolute Gasteiger partial charge is 0.181 e. The minimum Gasteiger partial charge on any atom is -0.360 e. The number of rotatable bonds is 0. The van der Waals surface area contributed by atoms with E-state index in [4.69, 9.17) is 0 Å². The molecule has 2 heterocycles. The van der Waals surface area contributed by atoms with E-state index in [-0.39, 0.29) is 5.83 Å². The van der Waals surface area contributed by atoms with E-state index < -0.39 is 0 Å². The molecule has 0 fully saturated rings. The van der Waals surface area contributed by atoms with Crippen molar-refractivity contribution in [2.45, 2.75) is 6.67 Å². The summed E-state index contributed by atoms with van der Waals surface area (Å²) < 4.78 is 14.8. The normalized spacial score (nSPS) is 16.2. The molecular formula is C7H8FN3. The summed E-state index contributed by atoms with van der Waals surface area (Å²) in [7, 11) is 1.82. The number of nitrogens with zero attached hydrogens (tertiary/aromatic N) is 3. The van der Waals surface area contributed by atoms with Gasteiger partial charge in [0.25, 0.3) is 0 Å². The Morgan fingerprint density at radius 2 is 2.45 bits per heavy atom. The fourth-order valence-corrected chi connectivity index (χ4v) is 1.17. The molecule has 0 aromatic carbocycles. The second-order valence-corrected chi connectivity index (χ2v) is 2.60. The van der Waals surface area contributed by atoms with Gasteiger partial charge in [-0.05, 0) is 0 Å². The first-order chi connectivity index (χ1) is 5.27. The van der Waals surface area contributed by atoms with Crippen LogP contribution in [0.3, 0.4) is 0 Å². The Kier molecular flexibility index (Phi) is 1.21. The maximum absolute atomic E-state index is 13.0. The van der Waals surface area contributed by atoms with Gasteiger partial charge in [0.05, 0.1) is 6.67 Å². The van der Waals surface area contributed by atoms with Crippen LogP contribution in [0.15, 0.2) is 18.6 Å². The molecule has 0 saturated carbocycles. The first-order valence-electron chi connectivity index (χ1n) is 3.36. The minimum absolute atomic E-state index is 0.274. The molecule has 1 aliphatic heterocycles. The van der Waals surface area contributed by atoms with Crippen molar-refractivity contribution in [2.75, 3.05) is 7.05 Å². The number of fused-ring (bicyclic) bond motifs is 1. The van der Waals surface area contributed by atoms with Crippen LogP contribution in [0.5, 0.6) is 0 Å². The molecule has 0 spiro atoms. The molecule has 58 valence electrons. The topological polar surface area (TPSA) is 21.1 Å². The van der Waals surface area contributed by atoms with Crippen LogP contribution >= 0.6 is 0 Å². The summed E-state index contributed by atoms with van der Waals surface area (Å²) in [5, 5.41) is 0. The van der Waals surface area contributed by atoms with Crippen molar-refractivity contribution in [2.24, 2.45) is 0 Å². The summed E-state index contributed by atoms with van der Waals surface area (Å²) in [6.45, 7) is 0.669. The molecule has 0 aliphatic carbocycles. The van der Waals surface area contributed by atoms with Crippen molar-refractivity contribution in [1.82, 2.24) is 14.5 Å². The SMILES string of the molecule is CN1C=C(F)c2nccn2C1. The summed E-state index contributed by atoms with van der Waals surface area (Å²) >= 11 is 0. The van der Waals surface area contributed by atoms with Crippen LogP contribution in [0.1, 0.15) is 5.82 Å². The molecular weight excluding hydrogens is 145 g/mol. The van der Waals surface area contributed by atoms with Crippen LogP contribution < -0.4 is 0 Å². The highest BCUT2D eigenvalue weighted by molar-refractivity contribution is 5.52. The van der Waals surface area contributed by atoms with Gasteiger partial charge in [0, 0.05) is 25.6 Å². The second-order valence-electron chi connectivity index (χ2n) is 2.60. The lowest BCUT2D eigenvalue weighted by Crippen LogP contribution is -2.21. The molecule has 0 bridgehead atoms. The van der Waals surface area contributed by atoms with Crippen LogP contribution in [-0.4, -0.2) is 21.5 Å². The Labute approximate surface area is 63.8 Å². The summed E-state index contributed by atoms with van der Waals surface area (Å²) in [5.74, 6) is 0.145. The maximum Gasteiger partial charge on any atom is 0.181 e. The average Bonchev–Trinajstić information content (AvgIpc) is 2.34. The van der Waals surface area contributed by atoms with Gasteiger partial charge in [-0.1, -0.05) is 0 Å². The summed E-state index contributed by atoms with van der Waals surface area (Å²) in [6, 6.07) is 0. The van der Waals surface area contributed by atoms with E-state index in [1.165, 1.54) is 6.20 Å². The first kappa shape index (κ1) is 6.39. The van der Waals surface area contributed by atoms with Crippen LogP contribution in [0, 0.1) is 0 Å². The molecule has 4 heteroatoms. The Morgan fingerprint density at radius 3 is 3.27 bits per heavy atom. The molecule has 0 radical (unpaired) electrons. The first-order valence-corrected chi connectivity index (χ1v) is 3.36. The molecule has 0 amide bonds. The van der Waals surface area contributed by atoms with Crippen molar-refractivity contribution in [1.29, 1.82) is 0 Å². The van der Waals surface area contributed by atoms with Gasteiger partial charge in [0.1, 0.15) is 0 Å². The van der Waals surface area contributed by atoms with Crippen LogP contribution in [0.2, 0.25) is 0 Å². The van der Waals surface area contributed by atoms with E-state index in [1.54, 1.807) is 21.9 Å². The number of aromatic nitrogens is 2. The zero-order chi connectivity index (χ0) is 7.84. The molecule has 1 aromatic heterocycles. The Morgan fingerprint density at radius 1 is 1.64 bits per heavy atom. The monoisotopic (exact) mass is 153 g/mol. The second kappa shape index (κ2) is 2.08. The predicted octanol–water partition coefficient (Wildman–Crippen LogP) is 1.05. The highest BCUT2D eigenvalue weighted by atomic mass is 19.1. The molecule has 0 unspecified atom stereocenters. The van der Waals surface area contributed by atoms with Gasteiger partial charge in [-0.25, -0.2) is 9.37 Å². The average molecular weight is 153 g/mol. The molecule has 0 saturated heterocycles. The highest BCUT2D eigenvalue weighted by Gasteiger charge is 2.14. The van der Waals surface area contributed by atoms with E-state index in [1.807, 2.05) is 7.05 Å². The molecule has 1 aliphatic rings. The fourth-order valence-electron chi connectivity index (χ4n) is 1.17. The highest BCUT2D eigenvalue weighted by Crippen LogP contribution is 2.18. The van der Waals surface area contributed by atoms with Gasteiger partial charge >= 0.3 is 0 Å². The van der Waals surface area contributed by atoms with Crippen molar-refractivity contribution in [3.63, 3.8) is 0 Å². The largest absolute Gasteiger partial charge is 0.360 e. The van der Waals surface area contributed by atoms with Gasteiger partial charge in [0.2, 0.25) is 0 Å². The van der Waals surface area contributed by atoms with E-state index in [9.17, 15) is 4.39 Å². The third-order valence-electron chi connectivity index (χ3n) is 1.64. The zero-order valence-corrected chi connectivity index (χ0v) is 6.16. The lowest BCUT2D eigenvalue weighted by molar-refractivity contribution is 0.344. The summed E-state index contributed by atoms with van der Waals surface area (Å²) in [5.41, 5.74) is 0. The maximum atomic E-state index is 13.0. The number of halogens is 1. The number of hydrogen-bond donors (Lipinski definition) is 0. The molecule has 3 nitrogen and oxygen atoms in total. The van der Waals surface area contributed by atoms with Gasteiger partial charge < -0.3 is 9.47 Å². The lowest BCUT2D eigenvalue weighted by Gasteiger charge is -2.20. The standard InChI is InChI=1S/C7H8FN3/c1-10-4-6(8)7-9-2-3-11(7)5-10/h2-4H,5H2,1H3. The fraction of sp³-hybridized carbons (Fsp3) is 0.286. The number of hydrogen-bond acceptors (Lipinski definition) is 2. The Bertz CT molecular complexity index is 302. The summed E-state index contributed by atoms with van der Waals surface area (Å²) in [4.78, 5) is 5.63. The van der Waals surface area contributed by atoms with Gasteiger partial charge in [-0.15, -0.1) is 0 Å². The Balaban J connectivity index is 2.50. The lowest BCUT2D eigenvalue weighted by atomic mass is 10.4. The predicted molar refractivity (Wildman–Crippen MR) is 39.1 cm³/mol. The van der Waals surface area contributed by atoms with Crippen LogP contribution in [0.25, 0.3) is 5.83 Å².